The normalized spacial score (nSPS) is 11.5. The zero-order valence-corrected chi connectivity index (χ0v) is 16.2. The van der Waals surface area contributed by atoms with E-state index < -0.39 is 17.6 Å². The Morgan fingerprint density at radius 1 is 0.935 bits per heavy atom. The Balaban J connectivity index is 1.53. The molecule has 0 saturated heterocycles. The fraction of sp³-hybridized carbons (Fsp3) is 0.0870. The second kappa shape index (κ2) is 7.71. The van der Waals surface area contributed by atoms with Crippen molar-refractivity contribution in [2.75, 3.05) is 5.32 Å². The minimum absolute atomic E-state index is 0.0788. The van der Waals surface area contributed by atoms with Crippen LogP contribution in [0.4, 0.5) is 18.9 Å². The van der Waals surface area contributed by atoms with Crippen molar-refractivity contribution in [3.8, 4) is 11.1 Å². The number of aromatic amines is 1. The molecule has 0 atom stereocenters. The molecular formula is C23H16F3N3O2. The van der Waals surface area contributed by atoms with Gasteiger partial charge in [-0.3, -0.25) is 14.7 Å². The highest BCUT2D eigenvalue weighted by Gasteiger charge is 2.30. The first-order chi connectivity index (χ1) is 14.7. The fourth-order valence-corrected chi connectivity index (χ4v) is 3.25. The molecule has 5 nitrogen and oxygen atoms in total. The Bertz CT molecular complexity index is 1290. The number of Topliss-reactive ketones (excluding diaryl/α,β-unsaturated/α-hetero) is 1. The number of aromatic nitrogens is 2. The summed E-state index contributed by atoms with van der Waals surface area (Å²) in [5.74, 6) is -0.755. The Labute approximate surface area is 174 Å². The van der Waals surface area contributed by atoms with Crippen LogP contribution in [0, 0.1) is 0 Å². The molecule has 0 aliphatic carbocycles. The molecule has 0 fully saturated rings. The van der Waals surface area contributed by atoms with Gasteiger partial charge in [-0.15, -0.1) is 0 Å². The van der Waals surface area contributed by atoms with Crippen LogP contribution in [0.5, 0.6) is 0 Å². The van der Waals surface area contributed by atoms with Crippen molar-refractivity contribution >= 4 is 28.3 Å². The number of benzene rings is 3. The van der Waals surface area contributed by atoms with Gasteiger partial charge in [0.2, 0.25) is 0 Å². The largest absolute Gasteiger partial charge is 0.416 e. The summed E-state index contributed by atoms with van der Waals surface area (Å²) in [7, 11) is 0. The van der Waals surface area contributed by atoms with Crippen LogP contribution < -0.4 is 5.32 Å². The Kier molecular flexibility index (Phi) is 5.06. The van der Waals surface area contributed by atoms with Crippen LogP contribution in [0.2, 0.25) is 0 Å². The van der Waals surface area contributed by atoms with Crippen molar-refractivity contribution < 1.29 is 22.8 Å². The van der Waals surface area contributed by atoms with Crippen LogP contribution in [0.3, 0.4) is 0 Å². The first-order valence-electron chi connectivity index (χ1n) is 9.30. The van der Waals surface area contributed by atoms with Crippen LogP contribution in [0.25, 0.3) is 22.0 Å². The van der Waals surface area contributed by atoms with Gasteiger partial charge in [0.25, 0.3) is 5.91 Å². The molecule has 3 aromatic carbocycles. The van der Waals surface area contributed by atoms with Gasteiger partial charge in [-0.2, -0.15) is 18.3 Å². The van der Waals surface area contributed by atoms with Gasteiger partial charge in [0.1, 0.15) is 5.69 Å². The highest BCUT2D eigenvalue weighted by Crippen LogP contribution is 2.30. The number of hydrogen-bond acceptors (Lipinski definition) is 3. The maximum absolute atomic E-state index is 12.8. The highest BCUT2D eigenvalue weighted by atomic mass is 19.4. The van der Waals surface area contributed by atoms with Gasteiger partial charge in [0.05, 0.1) is 11.1 Å². The smallest absolute Gasteiger partial charge is 0.322 e. The summed E-state index contributed by atoms with van der Waals surface area (Å²) in [5.41, 5.74) is 2.34. The van der Waals surface area contributed by atoms with E-state index >= 15 is 0 Å². The lowest BCUT2D eigenvalue weighted by molar-refractivity contribution is -0.137. The standard InChI is InChI=1S/C23H16F3N3O2/c1-13(30)21-19-10-7-15(12-20(19)28-29-21)14-5-8-18(9-6-14)27-22(31)16-3-2-4-17(11-16)23(24,25)26/h2-12H,1H3,(H,27,31)(H,28,29). The number of rotatable bonds is 4. The number of amides is 1. The van der Waals surface area contributed by atoms with Gasteiger partial charge in [-0.05, 0) is 53.6 Å². The SMILES string of the molecule is CC(=O)c1n[nH]c2cc(-c3ccc(NC(=O)c4cccc(C(F)(F)F)c4)cc3)ccc12. The highest BCUT2D eigenvalue weighted by molar-refractivity contribution is 6.06. The van der Waals surface area contributed by atoms with E-state index in [1.54, 1.807) is 24.3 Å². The number of nitrogens with zero attached hydrogens (tertiary/aromatic N) is 1. The number of H-pyrrole nitrogens is 1. The van der Waals surface area contributed by atoms with Crippen LogP contribution in [0.1, 0.15) is 33.3 Å². The Morgan fingerprint density at radius 2 is 1.65 bits per heavy atom. The predicted octanol–water partition coefficient (Wildman–Crippen LogP) is 5.70. The molecule has 2 N–H and O–H groups in total. The van der Waals surface area contributed by atoms with E-state index in [9.17, 15) is 22.8 Å². The van der Waals surface area contributed by atoms with Crippen LogP contribution in [-0.4, -0.2) is 21.9 Å². The van der Waals surface area contributed by atoms with Gasteiger partial charge in [-0.1, -0.05) is 24.3 Å². The third-order valence-electron chi connectivity index (χ3n) is 4.82. The number of fused-ring (bicyclic) bond motifs is 1. The number of anilines is 1. The molecule has 156 valence electrons. The maximum atomic E-state index is 12.8. The van der Waals surface area contributed by atoms with Crippen molar-refractivity contribution in [1.29, 1.82) is 0 Å². The maximum Gasteiger partial charge on any atom is 0.416 e. The molecule has 31 heavy (non-hydrogen) atoms. The lowest BCUT2D eigenvalue weighted by Crippen LogP contribution is -2.13. The average Bonchev–Trinajstić information content (AvgIpc) is 3.17. The molecular weight excluding hydrogens is 407 g/mol. The summed E-state index contributed by atoms with van der Waals surface area (Å²) >= 11 is 0. The summed E-state index contributed by atoms with van der Waals surface area (Å²) in [6.45, 7) is 1.45. The molecule has 0 unspecified atom stereocenters. The first-order valence-corrected chi connectivity index (χ1v) is 9.30. The quantitative estimate of drug-likeness (QED) is 0.413. The Morgan fingerprint density at radius 3 is 2.32 bits per heavy atom. The number of nitrogens with one attached hydrogen (secondary N) is 2. The number of ketones is 1. The Hall–Kier alpha value is -3.94. The summed E-state index contributed by atoms with van der Waals surface area (Å²) in [6, 6.07) is 16.7. The van der Waals surface area contributed by atoms with Gasteiger partial charge < -0.3 is 5.32 Å². The van der Waals surface area contributed by atoms with E-state index in [4.69, 9.17) is 0 Å². The number of carbonyl (C=O) groups is 2. The fourth-order valence-electron chi connectivity index (χ4n) is 3.25. The van der Waals surface area contributed by atoms with E-state index in [-0.39, 0.29) is 11.3 Å². The van der Waals surface area contributed by atoms with Gasteiger partial charge >= 0.3 is 6.18 Å². The molecule has 1 aromatic heterocycles. The van der Waals surface area contributed by atoms with Crippen LogP contribution in [0.15, 0.2) is 66.7 Å². The van der Waals surface area contributed by atoms with Gasteiger partial charge in [0.15, 0.2) is 5.78 Å². The molecule has 0 spiro atoms. The third-order valence-corrected chi connectivity index (χ3v) is 4.82. The average molecular weight is 423 g/mol. The number of halogens is 3. The summed E-state index contributed by atoms with van der Waals surface area (Å²) in [5, 5.41) is 10.2. The first kappa shape index (κ1) is 20.3. The predicted molar refractivity (Wildman–Crippen MR) is 111 cm³/mol. The third kappa shape index (κ3) is 4.18. The van der Waals surface area contributed by atoms with Crippen molar-refractivity contribution in [3.05, 3.63) is 83.6 Å². The van der Waals surface area contributed by atoms with Gasteiger partial charge in [-0.25, -0.2) is 0 Å². The molecule has 4 aromatic rings. The molecule has 0 radical (unpaired) electrons. The zero-order valence-electron chi connectivity index (χ0n) is 16.2. The monoisotopic (exact) mass is 423 g/mol. The second-order valence-electron chi connectivity index (χ2n) is 7.00. The molecule has 4 rings (SSSR count). The minimum atomic E-state index is -4.52. The van der Waals surface area contributed by atoms with E-state index in [1.165, 1.54) is 19.1 Å². The zero-order chi connectivity index (χ0) is 22.2. The van der Waals surface area contributed by atoms with E-state index in [2.05, 4.69) is 15.5 Å². The molecule has 1 heterocycles. The summed E-state index contributed by atoms with van der Waals surface area (Å²) in [6.07, 6.45) is -4.52. The van der Waals surface area contributed by atoms with Crippen molar-refractivity contribution in [2.45, 2.75) is 13.1 Å². The summed E-state index contributed by atoms with van der Waals surface area (Å²) in [4.78, 5) is 23.9. The van der Waals surface area contributed by atoms with Crippen molar-refractivity contribution in [3.63, 3.8) is 0 Å². The topological polar surface area (TPSA) is 74.8 Å². The second-order valence-corrected chi connectivity index (χ2v) is 7.00. The minimum Gasteiger partial charge on any atom is -0.322 e. The van der Waals surface area contributed by atoms with Crippen molar-refractivity contribution in [1.82, 2.24) is 10.2 Å². The number of carbonyl (C=O) groups excluding carboxylic acids is 2. The molecule has 0 aliphatic heterocycles. The number of hydrogen-bond donors (Lipinski definition) is 2. The molecule has 0 bridgehead atoms. The molecule has 0 aliphatic rings. The lowest BCUT2D eigenvalue weighted by atomic mass is 10.0. The molecule has 8 heteroatoms. The summed E-state index contributed by atoms with van der Waals surface area (Å²) < 4.78 is 38.5. The van der Waals surface area contributed by atoms with Crippen LogP contribution in [-0.2, 0) is 6.18 Å². The van der Waals surface area contributed by atoms with Crippen molar-refractivity contribution in [2.24, 2.45) is 0 Å². The van der Waals surface area contributed by atoms with E-state index in [0.29, 0.717) is 11.4 Å². The lowest BCUT2D eigenvalue weighted by Gasteiger charge is -2.10. The van der Waals surface area contributed by atoms with Gasteiger partial charge in [0, 0.05) is 23.6 Å². The van der Waals surface area contributed by atoms with E-state index in [0.717, 1.165) is 34.2 Å². The van der Waals surface area contributed by atoms with E-state index in [1.807, 2.05) is 18.2 Å². The number of alkyl halides is 3. The molecule has 0 saturated carbocycles. The van der Waals surface area contributed by atoms with Crippen LogP contribution >= 0.6 is 0 Å². The molecule has 1 amide bonds.